The molecule has 0 heterocycles. The molecule has 3 heteroatoms. The van der Waals surface area contributed by atoms with Gasteiger partial charge in [0.15, 0.2) is 6.10 Å². The summed E-state index contributed by atoms with van der Waals surface area (Å²) in [5, 5.41) is 0.598. The zero-order valence-corrected chi connectivity index (χ0v) is 12.3. The number of carbonyl (C=O) groups is 1. The molecule has 0 fully saturated rings. The lowest BCUT2D eigenvalue weighted by atomic mass is 10.1. The van der Waals surface area contributed by atoms with Crippen LogP contribution in [0.15, 0.2) is 24.3 Å². The monoisotopic (exact) mass is 278 g/mol. The van der Waals surface area contributed by atoms with E-state index in [4.69, 9.17) is 16.3 Å². The van der Waals surface area contributed by atoms with Crippen LogP contribution < -0.4 is 0 Å². The molecule has 0 aromatic heterocycles. The lowest BCUT2D eigenvalue weighted by molar-refractivity contribution is 0.0377. The highest BCUT2D eigenvalue weighted by Gasteiger charge is 2.15. The Hall–Kier alpha value is -1.46. The summed E-state index contributed by atoms with van der Waals surface area (Å²) in [6, 6.07) is 6.66. The van der Waals surface area contributed by atoms with Crippen molar-refractivity contribution in [1.82, 2.24) is 0 Å². The summed E-state index contributed by atoms with van der Waals surface area (Å²) in [4.78, 5) is 12.0. The fraction of sp³-hybridized carbons (Fsp3) is 0.438. The predicted molar refractivity (Wildman–Crippen MR) is 78.2 cm³/mol. The molecule has 2 nitrogen and oxygen atoms in total. The Balaban J connectivity index is 2.72. The standard InChI is InChI=1S/C16H19ClO2/c1-4-5-6-15(11-12(2)3)19-16(18)13-7-9-14(17)10-8-13/h7-10,12,15H,4,11H2,1-3H3. The second kappa shape index (κ2) is 7.86. The maximum Gasteiger partial charge on any atom is 0.339 e. The zero-order chi connectivity index (χ0) is 14.3. The molecule has 19 heavy (non-hydrogen) atoms. The largest absolute Gasteiger partial charge is 0.446 e. The van der Waals surface area contributed by atoms with Crippen LogP contribution in [0.5, 0.6) is 0 Å². The van der Waals surface area contributed by atoms with Crippen LogP contribution in [-0.2, 0) is 4.74 Å². The number of halogens is 1. The Labute approximate surface area is 120 Å². The smallest absolute Gasteiger partial charge is 0.339 e. The Morgan fingerprint density at radius 2 is 1.95 bits per heavy atom. The molecule has 0 spiro atoms. The molecule has 0 saturated carbocycles. The van der Waals surface area contributed by atoms with Crippen LogP contribution in [0.2, 0.25) is 5.02 Å². The minimum Gasteiger partial charge on any atom is -0.446 e. The van der Waals surface area contributed by atoms with Crippen LogP contribution in [0, 0.1) is 17.8 Å². The fourth-order valence-corrected chi connectivity index (χ4v) is 1.69. The van der Waals surface area contributed by atoms with Crippen LogP contribution in [0.1, 0.15) is 44.0 Å². The molecular formula is C16H19ClO2. The molecule has 1 rings (SSSR count). The molecule has 0 amide bonds. The lowest BCUT2D eigenvalue weighted by Gasteiger charge is -2.14. The van der Waals surface area contributed by atoms with E-state index in [9.17, 15) is 4.79 Å². The molecule has 0 aliphatic heterocycles. The van der Waals surface area contributed by atoms with E-state index >= 15 is 0 Å². The van der Waals surface area contributed by atoms with Crippen molar-refractivity contribution in [2.24, 2.45) is 5.92 Å². The van der Waals surface area contributed by atoms with Gasteiger partial charge in [0.25, 0.3) is 0 Å². The Kier molecular flexibility index (Phi) is 6.45. The summed E-state index contributed by atoms with van der Waals surface area (Å²) < 4.78 is 5.43. The number of benzene rings is 1. The van der Waals surface area contributed by atoms with Crippen LogP contribution in [0.3, 0.4) is 0 Å². The molecule has 1 aromatic carbocycles. The van der Waals surface area contributed by atoms with Gasteiger partial charge in [0.05, 0.1) is 5.56 Å². The van der Waals surface area contributed by atoms with Crippen LogP contribution in [-0.4, -0.2) is 12.1 Å². The number of ether oxygens (including phenoxy) is 1. The van der Waals surface area contributed by atoms with Gasteiger partial charge in [-0.1, -0.05) is 44.2 Å². The van der Waals surface area contributed by atoms with Gasteiger partial charge in [-0.05, 0) is 36.6 Å². The van der Waals surface area contributed by atoms with Gasteiger partial charge in [-0.3, -0.25) is 0 Å². The first-order valence-corrected chi connectivity index (χ1v) is 6.85. The van der Waals surface area contributed by atoms with Gasteiger partial charge in [0.1, 0.15) is 0 Å². The van der Waals surface area contributed by atoms with Gasteiger partial charge in [0.2, 0.25) is 0 Å². The molecule has 1 unspecified atom stereocenters. The van der Waals surface area contributed by atoms with Crippen molar-refractivity contribution >= 4 is 17.6 Å². The van der Waals surface area contributed by atoms with Gasteiger partial charge < -0.3 is 4.74 Å². The third-order valence-corrected chi connectivity index (χ3v) is 2.71. The summed E-state index contributed by atoms with van der Waals surface area (Å²) in [5.74, 6) is 6.04. The molecular weight excluding hydrogens is 260 g/mol. The summed E-state index contributed by atoms with van der Waals surface area (Å²) in [6.45, 7) is 6.13. The van der Waals surface area contributed by atoms with Crippen molar-refractivity contribution < 1.29 is 9.53 Å². The minimum atomic E-state index is -0.354. The Morgan fingerprint density at radius 1 is 1.32 bits per heavy atom. The Morgan fingerprint density at radius 3 is 2.47 bits per heavy atom. The molecule has 1 atom stereocenters. The van der Waals surface area contributed by atoms with E-state index < -0.39 is 0 Å². The second-order valence-corrected chi connectivity index (χ2v) is 5.14. The van der Waals surface area contributed by atoms with E-state index in [-0.39, 0.29) is 12.1 Å². The SMILES string of the molecule is CCC#CC(CC(C)C)OC(=O)c1ccc(Cl)cc1. The van der Waals surface area contributed by atoms with Crippen LogP contribution in [0.25, 0.3) is 0 Å². The first-order valence-electron chi connectivity index (χ1n) is 6.47. The number of hydrogen-bond acceptors (Lipinski definition) is 2. The maximum absolute atomic E-state index is 12.0. The fourth-order valence-electron chi connectivity index (χ4n) is 1.56. The molecule has 102 valence electrons. The van der Waals surface area contributed by atoms with Crippen molar-refractivity contribution in [3.05, 3.63) is 34.9 Å². The topological polar surface area (TPSA) is 26.3 Å². The molecule has 0 radical (unpaired) electrons. The van der Waals surface area contributed by atoms with Crippen LogP contribution >= 0.6 is 11.6 Å². The zero-order valence-electron chi connectivity index (χ0n) is 11.6. The van der Waals surface area contributed by atoms with Crippen molar-refractivity contribution in [3.8, 4) is 11.8 Å². The number of carbonyl (C=O) groups excluding carboxylic acids is 1. The van der Waals surface area contributed by atoms with E-state index in [1.54, 1.807) is 24.3 Å². The molecule has 0 aliphatic carbocycles. The van der Waals surface area contributed by atoms with Gasteiger partial charge in [-0.2, -0.15) is 0 Å². The lowest BCUT2D eigenvalue weighted by Crippen LogP contribution is -2.18. The highest BCUT2D eigenvalue weighted by atomic mass is 35.5. The quantitative estimate of drug-likeness (QED) is 0.605. The van der Waals surface area contributed by atoms with Gasteiger partial charge in [-0.25, -0.2) is 4.79 Å². The van der Waals surface area contributed by atoms with Gasteiger partial charge in [0, 0.05) is 11.4 Å². The van der Waals surface area contributed by atoms with E-state index in [1.807, 2.05) is 6.92 Å². The number of hydrogen-bond donors (Lipinski definition) is 0. The summed E-state index contributed by atoms with van der Waals surface area (Å²) >= 11 is 5.78. The molecule has 0 N–H and O–H groups in total. The second-order valence-electron chi connectivity index (χ2n) is 4.71. The maximum atomic E-state index is 12.0. The van der Waals surface area contributed by atoms with Gasteiger partial charge in [-0.15, -0.1) is 0 Å². The average molecular weight is 279 g/mol. The summed E-state index contributed by atoms with van der Waals surface area (Å²) in [6.07, 6.45) is 1.16. The Bertz CT molecular complexity index is 466. The highest BCUT2D eigenvalue weighted by molar-refractivity contribution is 6.30. The highest BCUT2D eigenvalue weighted by Crippen LogP contribution is 2.13. The van der Waals surface area contributed by atoms with Crippen molar-refractivity contribution in [2.45, 2.75) is 39.7 Å². The normalized spacial score (nSPS) is 11.6. The molecule has 0 bridgehead atoms. The predicted octanol–water partition coefficient (Wildman–Crippen LogP) is 4.32. The third kappa shape index (κ3) is 5.81. The molecule has 0 saturated heterocycles. The van der Waals surface area contributed by atoms with E-state index in [1.165, 1.54) is 0 Å². The van der Waals surface area contributed by atoms with Crippen molar-refractivity contribution in [2.75, 3.05) is 0 Å². The third-order valence-electron chi connectivity index (χ3n) is 2.45. The summed E-state index contributed by atoms with van der Waals surface area (Å²) in [5.41, 5.74) is 0.497. The first kappa shape index (κ1) is 15.6. The van der Waals surface area contributed by atoms with E-state index in [2.05, 4.69) is 25.7 Å². The van der Waals surface area contributed by atoms with Crippen molar-refractivity contribution in [1.29, 1.82) is 0 Å². The number of esters is 1. The molecule has 0 aliphatic rings. The van der Waals surface area contributed by atoms with E-state index in [0.29, 0.717) is 16.5 Å². The number of rotatable bonds is 4. The van der Waals surface area contributed by atoms with Crippen molar-refractivity contribution in [3.63, 3.8) is 0 Å². The minimum absolute atomic E-state index is 0.344. The van der Waals surface area contributed by atoms with Crippen LogP contribution in [0.4, 0.5) is 0 Å². The van der Waals surface area contributed by atoms with Gasteiger partial charge >= 0.3 is 5.97 Å². The average Bonchev–Trinajstić information content (AvgIpc) is 2.36. The van der Waals surface area contributed by atoms with E-state index in [0.717, 1.165) is 12.8 Å². The molecule has 1 aromatic rings. The first-order chi connectivity index (χ1) is 9.02. The summed E-state index contributed by atoms with van der Waals surface area (Å²) in [7, 11) is 0.